The molecule has 0 heterocycles. The van der Waals surface area contributed by atoms with Gasteiger partial charge in [0.2, 0.25) is 5.91 Å². The molecule has 0 spiro atoms. The van der Waals surface area contributed by atoms with E-state index in [0.29, 0.717) is 10.9 Å². The van der Waals surface area contributed by atoms with Gasteiger partial charge in [-0.3, -0.25) is 9.59 Å². The van der Waals surface area contributed by atoms with Crippen LogP contribution in [0.3, 0.4) is 0 Å². The maximum absolute atomic E-state index is 12.3. The van der Waals surface area contributed by atoms with E-state index in [1.165, 1.54) is 0 Å². The fraction of sp³-hybridized carbons (Fsp3) is 0.429. The third-order valence-corrected chi connectivity index (χ3v) is 4.25. The smallest absolute Gasteiger partial charge is 0.255 e. The number of hydrogen-bond donors (Lipinski definition) is 3. The van der Waals surface area contributed by atoms with E-state index in [1.807, 2.05) is 6.92 Å². The summed E-state index contributed by atoms with van der Waals surface area (Å²) >= 11 is 3.21. The molecule has 4 N–H and O–H groups in total. The number of phenols is 1. The SMILES string of the molecule is Cc1cc(Br)c(O)c(C(=O)N[C@@H]2CCC[C@H]2C(N)=O)c1. The van der Waals surface area contributed by atoms with E-state index in [0.717, 1.165) is 18.4 Å². The molecule has 0 bridgehead atoms. The Morgan fingerprint density at radius 1 is 1.40 bits per heavy atom. The monoisotopic (exact) mass is 340 g/mol. The second kappa shape index (κ2) is 5.83. The van der Waals surface area contributed by atoms with Crippen molar-refractivity contribution in [3.05, 3.63) is 27.7 Å². The van der Waals surface area contributed by atoms with Gasteiger partial charge in [-0.2, -0.15) is 0 Å². The minimum Gasteiger partial charge on any atom is -0.506 e. The van der Waals surface area contributed by atoms with Crippen LogP contribution in [0, 0.1) is 12.8 Å². The molecular formula is C14H17BrN2O3. The number of aromatic hydroxyl groups is 1. The average Bonchev–Trinajstić information content (AvgIpc) is 2.81. The fourth-order valence-electron chi connectivity index (χ4n) is 2.63. The van der Waals surface area contributed by atoms with E-state index in [1.54, 1.807) is 12.1 Å². The van der Waals surface area contributed by atoms with E-state index in [9.17, 15) is 14.7 Å². The number of halogens is 1. The molecule has 2 rings (SSSR count). The third kappa shape index (κ3) is 2.95. The minimum absolute atomic E-state index is 0.0956. The van der Waals surface area contributed by atoms with Crippen molar-refractivity contribution in [1.29, 1.82) is 0 Å². The number of primary amides is 1. The highest BCUT2D eigenvalue weighted by Crippen LogP contribution is 2.30. The molecule has 20 heavy (non-hydrogen) atoms. The van der Waals surface area contributed by atoms with Gasteiger partial charge < -0.3 is 16.2 Å². The highest BCUT2D eigenvalue weighted by molar-refractivity contribution is 9.10. The Hall–Kier alpha value is -1.56. The molecule has 0 radical (unpaired) electrons. The Morgan fingerprint density at radius 3 is 2.75 bits per heavy atom. The van der Waals surface area contributed by atoms with Gasteiger partial charge in [0.05, 0.1) is 16.0 Å². The van der Waals surface area contributed by atoms with E-state index < -0.39 is 0 Å². The zero-order chi connectivity index (χ0) is 14.9. The first-order chi connectivity index (χ1) is 9.40. The molecule has 1 saturated carbocycles. The van der Waals surface area contributed by atoms with Crippen LogP contribution in [0.5, 0.6) is 5.75 Å². The Balaban J connectivity index is 2.18. The topological polar surface area (TPSA) is 92.4 Å². The molecule has 1 aliphatic carbocycles. The number of hydrogen-bond acceptors (Lipinski definition) is 3. The molecule has 0 unspecified atom stereocenters. The number of carbonyl (C=O) groups excluding carboxylic acids is 2. The first-order valence-corrected chi connectivity index (χ1v) is 7.28. The van der Waals surface area contributed by atoms with Crippen LogP contribution in [0.2, 0.25) is 0 Å². The summed E-state index contributed by atoms with van der Waals surface area (Å²) in [7, 11) is 0. The Bertz CT molecular complexity index is 560. The van der Waals surface area contributed by atoms with Crippen molar-refractivity contribution in [1.82, 2.24) is 5.32 Å². The zero-order valence-electron chi connectivity index (χ0n) is 11.1. The van der Waals surface area contributed by atoms with Gasteiger partial charge in [-0.25, -0.2) is 0 Å². The van der Waals surface area contributed by atoms with Crippen LogP contribution >= 0.6 is 15.9 Å². The molecule has 1 fully saturated rings. The normalized spacial score (nSPS) is 21.7. The van der Waals surface area contributed by atoms with Crippen molar-refractivity contribution in [3.8, 4) is 5.75 Å². The Morgan fingerprint density at radius 2 is 2.10 bits per heavy atom. The van der Waals surface area contributed by atoms with Crippen LogP contribution < -0.4 is 11.1 Å². The summed E-state index contributed by atoms with van der Waals surface area (Å²) in [6, 6.07) is 3.09. The summed E-state index contributed by atoms with van der Waals surface area (Å²) in [4.78, 5) is 23.6. The third-order valence-electron chi connectivity index (χ3n) is 3.65. The maximum Gasteiger partial charge on any atom is 0.255 e. The van der Waals surface area contributed by atoms with Gasteiger partial charge in [0.15, 0.2) is 0 Å². The van der Waals surface area contributed by atoms with Gasteiger partial charge in [-0.15, -0.1) is 0 Å². The molecule has 1 aromatic carbocycles. The summed E-state index contributed by atoms with van der Waals surface area (Å²) in [6.45, 7) is 1.84. The van der Waals surface area contributed by atoms with Crippen molar-refractivity contribution < 1.29 is 14.7 Å². The van der Waals surface area contributed by atoms with Crippen LogP contribution in [0.1, 0.15) is 35.2 Å². The molecule has 5 nitrogen and oxygen atoms in total. The van der Waals surface area contributed by atoms with Gasteiger partial charge in [-0.05, 0) is 53.4 Å². The van der Waals surface area contributed by atoms with E-state index in [4.69, 9.17) is 5.73 Å². The van der Waals surface area contributed by atoms with Crippen LogP contribution in [-0.2, 0) is 4.79 Å². The standard InChI is InChI=1S/C14H17BrN2O3/c1-7-5-9(12(18)10(15)6-7)14(20)17-11-4-2-3-8(11)13(16)19/h5-6,8,11,18H,2-4H2,1H3,(H2,16,19)(H,17,20)/t8-,11-/m1/s1. The van der Waals surface area contributed by atoms with Crippen molar-refractivity contribution in [2.75, 3.05) is 0 Å². The molecule has 2 amide bonds. The predicted octanol–water partition coefficient (Wildman–Crippen LogP) is 1.85. The molecule has 1 aromatic rings. The van der Waals surface area contributed by atoms with E-state index in [-0.39, 0.29) is 35.1 Å². The van der Waals surface area contributed by atoms with Crippen molar-refractivity contribution in [2.45, 2.75) is 32.2 Å². The molecule has 0 saturated heterocycles. The Kier molecular flexibility index (Phi) is 4.32. The van der Waals surface area contributed by atoms with Crippen LogP contribution in [0.4, 0.5) is 0 Å². The van der Waals surface area contributed by atoms with E-state index >= 15 is 0 Å². The van der Waals surface area contributed by atoms with E-state index in [2.05, 4.69) is 21.2 Å². The summed E-state index contributed by atoms with van der Waals surface area (Å²) in [6.07, 6.45) is 2.29. The largest absolute Gasteiger partial charge is 0.506 e. The first-order valence-electron chi connectivity index (χ1n) is 6.49. The lowest BCUT2D eigenvalue weighted by Gasteiger charge is -2.19. The highest BCUT2D eigenvalue weighted by atomic mass is 79.9. The summed E-state index contributed by atoms with van der Waals surface area (Å²) < 4.78 is 0.473. The fourth-order valence-corrected chi connectivity index (χ4v) is 3.20. The van der Waals surface area contributed by atoms with Gasteiger partial charge in [0.25, 0.3) is 5.91 Å². The second-order valence-electron chi connectivity index (χ2n) is 5.16. The van der Waals surface area contributed by atoms with Crippen LogP contribution in [0.25, 0.3) is 0 Å². The maximum atomic E-state index is 12.3. The second-order valence-corrected chi connectivity index (χ2v) is 6.02. The number of amides is 2. The number of carbonyl (C=O) groups is 2. The lowest BCUT2D eigenvalue weighted by Crippen LogP contribution is -2.42. The number of rotatable bonds is 3. The minimum atomic E-state index is -0.387. The number of benzene rings is 1. The number of phenolic OH excluding ortho intramolecular Hbond substituents is 1. The van der Waals surface area contributed by atoms with Crippen molar-refractivity contribution in [2.24, 2.45) is 11.7 Å². The number of aryl methyl sites for hydroxylation is 1. The zero-order valence-corrected chi connectivity index (χ0v) is 12.7. The van der Waals surface area contributed by atoms with Gasteiger partial charge in [0, 0.05) is 6.04 Å². The van der Waals surface area contributed by atoms with Gasteiger partial charge in [-0.1, -0.05) is 6.42 Å². The molecule has 108 valence electrons. The highest BCUT2D eigenvalue weighted by Gasteiger charge is 2.33. The lowest BCUT2D eigenvalue weighted by atomic mass is 10.0. The molecule has 0 aliphatic heterocycles. The van der Waals surface area contributed by atoms with Crippen LogP contribution in [-0.4, -0.2) is 23.0 Å². The lowest BCUT2D eigenvalue weighted by molar-refractivity contribution is -0.122. The summed E-state index contributed by atoms with van der Waals surface area (Å²) in [5, 5.41) is 12.7. The van der Waals surface area contributed by atoms with Crippen molar-refractivity contribution >= 4 is 27.7 Å². The molecular weight excluding hydrogens is 324 g/mol. The molecule has 6 heteroatoms. The molecule has 2 atom stereocenters. The number of nitrogens with one attached hydrogen (secondary N) is 1. The number of nitrogens with two attached hydrogens (primary N) is 1. The average molecular weight is 341 g/mol. The Labute approximate surface area is 125 Å². The quantitative estimate of drug-likeness (QED) is 0.783. The molecule has 0 aromatic heterocycles. The summed E-state index contributed by atoms with van der Waals surface area (Å²) in [5.41, 5.74) is 6.39. The van der Waals surface area contributed by atoms with Crippen LogP contribution in [0.15, 0.2) is 16.6 Å². The van der Waals surface area contributed by atoms with Crippen molar-refractivity contribution in [3.63, 3.8) is 0 Å². The predicted molar refractivity (Wildman–Crippen MR) is 78.3 cm³/mol. The van der Waals surface area contributed by atoms with Gasteiger partial charge >= 0.3 is 0 Å². The summed E-state index contributed by atoms with van der Waals surface area (Å²) in [5.74, 6) is -1.19. The molecule has 1 aliphatic rings. The first kappa shape index (κ1) is 14.8. The van der Waals surface area contributed by atoms with Gasteiger partial charge in [0.1, 0.15) is 5.75 Å².